The quantitative estimate of drug-likeness (QED) is 0.783. The maximum Gasteiger partial charge on any atom is 0.248 e. The second-order valence-corrected chi connectivity index (χ2v) is 6.73. The molecule has 2 heterocycles. The molecule has 8 heteroatoms. The van der Waals surface area contributed by atoms with Crippen molar-refractivity contribution in [3.8, 4) is 0 Å². The van der Waals surface area contributed by atoms with E-state index in [9.17, 15) is 13.5 Å². The third kappa shape index (κ3) is 2.23. The highest BCUT2D eigenvalue weighted by Gasteiger charge is 2.39. The molecule has 1 saturated heterocycles. The van der Waals surface area contributed by atoms with Gasteiger partial charge in [-0.25, -0.2) is 8.42 Å². The van der Waals surface area contributed by atoms with Gasteiger partial charge in [-0.1, -0.05) is 0 Å². The number of nitrogens with two attached hydrogens (primary N) is 1. The van der Waals surface area contributed by atoms with E-state index in [1.165, 1.54) is 15.2 Å². The summed E-state index contributed by atoms with van der Waals surface area (Å²) in [4.78, 5) is 0.0158. The first kappa shape index (κ1) is 13.3. The number of sulfonamides is 1. The molecule has 7 nitrogen and oxygen atoms in total. The monoisotopic (exact) mass is 274 g/mol. The lowest BCUT2D eigenvalue weighted by Gasteiger charge is -2.18. The predicted molar refractivity (Wildman–Crippen MR) is 66.3 cm³/mol. The molecule has 0 radical (unpaired) electrons. The van der Waals surface area contributed by atoms with Crippen LogP contribution in [0, 0.1) is 0 Å². The number of nitrogens with zero attached hydrogens (tertiary/aromatic N) is 3. The van der Waals surface area contributed by atoms with Crippen LogP contribution in [0.15, 0.2) is 11.1 Å². The van der Waals surface area contributed by atoms with E-state index in [4.69, 9.17) is 5.73 Å². The number of rotatable bonds is 3. The third-order valence-electron chi connectivity index (χ3n) is 3.11. The van der Waals surface area contributed by atoms with Crippen molar-refractivity contribution in [2.45, 2.75) is 37.3 Å². The molecule has 1 fully saturated rings. The minimum atomic E-state index is -3.66. The van der Waals surface area contributed by atoms with Crippen molar-refractivity contribution in [2.75, 3.05) is 18.8 Å². The molecule has 0 aliphatic carbocycles. The molecule has 3 N–H and O–H groups in total. The van der Waals surface area contributed by atoms with Gasteiger partial charge in [0, 0.05) is 25.8 Å². The average Bonchev–Trinajstić information content (AvgIpc) is 2.82. The summed E-state index contributed by atoms with van der Waals surface area (Å²) in [6.45, 7) is 4.42. The number of aromatic nitrogens is 2. The fourth-order valence-corrected chi connectivity index (χ4v) is 3.64. The molecule has 0 aromatic carbocycles. The second-order valence-electron chi connectivity index (χ2n) is 4.82. The van der Waals surface area contributed by atoms with Crippen molar-refractivity contribution >= 4 is 15.8 Å². The van der Waals surface area contributed by atoms with Crippen molar-refractivity contribution in [3.63, 3.8) is 0 Å². The van der Waals surface area contributed by atoms with Crippen LogP contribution in [0.4, 0.5) is 5.82 Å². The molecule has 0 bridgehead atoms. The summed E-state index contributed by atoms with van der Waals surface area (Å²) in [6.07, 6.45) is 1.85. The van der Waals surface area contributed by atoms with Crippen LogP contribution in [0.3, 0.4) is 0 Å². The molecule has 1 unspecified atom stereocenters. The third-order valence-corrected chi connectivity index (χ3v) is 4.98. The molecule has 2 rings (SSSR count). The van der Waals surface area contributed by atoms with Crippen LogP contribution in [0.25, 0.3) is 0 Å². The number of anilines is 1. The zero-order valence-electron chi connectivity index (χ0n) is 10.5. The van der Waals surface area contributed by atoms with Gasteiger partial charge in [-0.2, -0.15) is 9.40 Å². The van der Waals surface area contributed by atoms with Gasteiger partial charge < -0.3 is 10.8 Å². The Morgan fingerprint density at radius 3 is 2.72 bits per heavy atom. The Hall–Kier alpha value is -1.12. The van der Waals surface area contributed by atoms with Gasteiger partial charge in [0.25, 0.3) is 0 Å². The summed E-state index contributed by atoms with van der Waals surface area (Å²) in [5, 5.41) is 13.8. The Bertz CT molecular complexity index is 549. The molecule has 0 amide bonds. The van der Waals surface area contributed by atoms with E-state index >= 15 is 0 Å². The fraction of sp³-hybridized carbons (Fsp3) is 0.700. The number of aryl methyl sites for hydroxylation is 1. The molecule has 102 valence electrons. The zero-order valence-corrected chi connectivity index (χ0v) is 11.3. The van der Waals surface area contributed by atoms with Gasteiger partial charge >= 0.3 is 0 Å². The Morgan fingerprint density at radius 1 is 1.61 bits per heavy atom. The summed E-state index contributed by atoms with van der Waals surface area (Å²) in [5.74, 6) is 0.00314. The van der Waals surface area contributed by atoms with Crippen LogP contribution < -0.4 is 5.73 Å². The van der Waals surface area contributed by atoms with Crippen molar-refractivity contribution in [2.24, 2.45) is 0 Å². The summed E-state index contributed by atoms with van der Waals surface area (Å²) >= 11 is 0. The zero-order chi connectivity index (χ0) is 13.6. The van der Waals surface area contributed by atoms with E-state index in [-0.39, 0.29) is 17.3 Å². The highest BCUT2D eigenvalue weighted by atomic mass is 32.2. The lowest BCUT2D eigenvalue weighted by Crippen LogP contribution is -2.34. The molecule has 1 aromatic heterocycles. The molecule has 0 saturated carbocycles. The first-order valence-corrected chi connectivity index (χ1v) is 7.26. The van der Waals surface area contributed by atoms with E-state index in [2.05, 4.69) is 5.10 Å². The van der Waals surface area contributed by atoms with Crippen LogP contribution in [0.5, 0.6) is 0 Å². The number of nitrogen functional groups attached to an aromatic ring is 1. The van der Waals surface area contributed by atoms with Crippen LogP contribution >= 0.6 is 0 Å². The van der Waals surface area contributed by atoms with Gasteiger partial charge in [0.1, 0.15) is 4.90 Å². The first-order chi connectivity index (χ1) is 8.26. The number of hydrogen-bond donors (Lipinski definition) is 2. The minimum Gasteiger partial charge on any atom is -0.389 e. The molecule has 1 atom stereocenters. The largest absolute Gasteiger partial charge is 0.389 e. The molecule has 1 aliphatic heterocycles. The van der Waals surface area contributed by atoms with Crippen molar-refractivity contribution in [1.82, 2.24) is 14.1 Å². The smallest absolute Gasteiger partial charge is 0.248 e. The molecule has 0 spiro atoms. The van der Waals surface area contributed by atoms with Crippen molar-refractivity contribution in [3.05, 3.63) is 6.20 Å². The van der Waals surface area contributed by atoms with Crippen molar-refractivity contribution in [1.29, 1.82) is 0 Å². The van der Waals surface area contributed by atoms with E-state index in [1.54, 1.807) is 6.92 Å². The highest BCUT2D eigenvalue weighted by Crippen LogP contribution is 2.28. The molecular weight excluding hydrogens is 256 g/mol. The Morgan fingerprint density at radius 2 is 2.28 bits per heavy atom. The van der Waals surface area contributed by atoms with Gasteiger partial charge in [0.15, 0.2) is 5.82 Å². The molecular formula is C10H18N4O3S. The van der Waals surface area contributed by atoms with E-state index in [0.29, 0.717) is 19.5 Å². The van der Waals surface area contributed by atoms with Gasteiger partial charge in [-0.05, 0) is 20.3 Å². The molecule has 1 aliphatic rings. The van der Waals surface area contributed by atoms with Gasteiger partial charge in [-0.3, -0.25) is 4.68 Å². The standard InChI is InChI=1S/C10H18N4O3S/c1-3-13-6-8(9(11)12-13)18(16,17)14-5-4-10(2,15)7-14/h6,15H,3-5,7H2,1-2H3,(H2,11,12). The van der Waals surface area contributed by atoms with E-state index in [0.717, 1.165) is 0 Å². The summed E-state index contributed by atoms with van der Waals surface area (Å²) in [6, 6.07) is 0. The summed E-state index contributed by atoms with van der Waals surface area (Å²) in [7, 11) is -3.66. The average molecular weight is 274 g/mol. The van der Waals surface area contributed by atoms with Crippen LogP contribution in [0.1, 0.15) is 20.3 Å². The number of hydrogen-bond acceptors (Lipinski definition) is 5. The summed E-state index contributed by atoms with van der Waals surface area (Å²) < 4.78 is 27.4. The van der Waals surface area contributed by atoms with Crippen LogP contribution in [-0.4, -0.2) is 46.3 Å². The first-order valence-electron chi connectivity index (χ1n) is 5.82. The normalized spacial score (nSPS) is 25.7. The van der Waals surface area contributed by atoms with E-state index in [1.807, 2.05) is 6.92 Å². The lowest BCUT2D eigenvalue weighted by molar-refractivity contribution is 0.0762. The molecule has 18 heavy (non-hydrogen) atoms. The lowest BCUT2D eigenvalue weighted by atomic mass is 10.1. The SMILES string of the molecule is CCn1cc(S(=O)(=O)N2CCC(C)(O)C2)c(N)n1. The summed E-state index contributed by atoms with van der Waals surface area (Å²) in [5.41, 5.74) is 4.67. The number of β-amino-alcohol motifs (C(OH)–C–C–N with tert-alkyl or cyclic N) is 1. The minimum absolute atomic E-state index is 0.00314. The topological polar surface area (TPSA) is 101 Å². The van der Waals surface area contributed by atoms with Crippen molar-refractivity contribution < 1.29 is 13.5 Å². The predicted octanol–water partition coefficient (Wildman–Crippen LogP) is -0.369. The maximum atomic E-state index is 12.4. The second kappa shape index (κ2) is 4.22. The Balaban J connectivity index is 2.34. The maximum absolute atomic E-state index is 12.4. The number of aliphatic hydroxyl groups is 1. The Kier molecular flexibility index (Phi) is 3.12. The van der Waals surface area contributed by atoms with Gasteiger partial charge in [0.2, 0.25) is 10.0 Å². The van der Waals surface area contributed by atoms with Crippen LogP contribution in [-0.2, 0) is 16.6 Å². The van der Waals surface area contributed by atoms with Gasteiger partial charge in [0.05, 0.1) is 5.60 Å². The fourth-order valence-electron chi connectivity index (χ4n) is 2.03. The Labute approximate surface area is 106 Å². The highest BCUT2D eigenvalue weighted by molar-refractivity contribution is 7.89. The van der Waals surface area contributed by atoms with Crippen LogP contribution in [0.2, 0.25) is 0 Å². The van der Waals surface area contributed by atoms with E-state index < -0.39 is 15.6 Å². The van der Waals surface area contributed by atoms with Gasteiger partial charge in [-0.15, -0.1) is 0 Å². The molecule has 1 aromatic rings.